The Morgan fingerprint density at radius 1 is 1.19 bits per heavy atom. The van der Waals surface area contributed by atoms with Gasteiger partial charge in [0.05, 0.1) is 13.2 Å². The van der Waals surface area contributed by atoms with Crippen LogP contribution in [0.15, 0.2) is 40.9 Å². The van der Waals surface area contributed by atoms with Crippen LogP contribution in [0, 0.1) is 5.82 Å². The predicted octanol–water partition coefficient (Wildman–Crippen LogP) is 5.43. The van der Waals surface area contributed by atoms with Gasteiger partial charge in [0.2, 0.25) is 5.82 Å². The number of nitrogens with zero attached hydrogens (tertiary/aromatic N) is 4. The lowest BCUT2D eigenvalue weighted by Crippen LogP contribution is -2.38. The number of piperidine rings is 1. The molecule has 4 rings (SSSR count). The molecule has 2 heterocycles. The number of carboxylic acid groups (broad SMARTS) is 1. The van der Waals surface area contributed by atoms with Gasteiger partial charge in [-0.1, -0.05) is 5.16 Å². The maximum Gasteiger partial charge on any atom is 0.317 e. The third kappa shape index (κ3) is 7.41. The van der Waals surface area contributed by atoms with Crippen LogP contribution in [0.25, 0.3) is 22.8 Å². The first-order chi connectivity index (χ1) is 16.9. The summed E-state index contributed by atoms with van der Waals surface area (Å²) in [5.74, 6) is -0.685. The molecule has 0 saturated carbocycles. The molecular weight excluding hydrogens is 522 g/mol. The number of benzene rings is 2. The average molecular weight is 555 g/mol. The van der Waals surface area contributed by atoms with Crippen LogP contribution in [0.2, 0.25) is 0 Å². The van der Waals surface area contributed by atoms with Crippen molar-refractivity contribution in [2.75, 3.05) is 32.1 Å². The third-order valence-corrected chi connectivity index (χ3v) is 6.31. The van der Waals surface area contributed by atoms with E-state index in [1.54, 1.807) is 26.3 Å². The van der Waals surface area contributed by atoms with Crippen molar-refractivity contribution in [3.63, 3.8) is 0 Å². The quantitative estimate of drug-likeness (QED) is 0.374. The van der Waals surface area contributed by atoms with E-state index in [-0.39, 0.29) is 37.9 Å². The molecule has 2 aromatic carbocycles. The average Bonchev–Trinajstić information content (AvgIpc) is 3.31. The number of carbonyl (C=O) groups is 1. The van der Waals surface area contributed by atoms with E-state index >= 15 is 0 Å². The molecule has 37 heavy (non-hydrogen) atoms. The van der Waals surface area contributed by atoms with Crippen LogP contribution in [0.5, 0.6) is 0 Å². The largest absolute Gasteiger partial charge is 0.480 e. The Labute approximate surface area is 228 Å². The third-order valence-electron chi connectivity index (χ3n) is 6.31. The Morgan fingerprint density at radius 2 is 1.92 bits per heavy atom. The topological polar surface area (TPSA) is 91.9 Å². The Kier molecular flexibility index (Phi) is 11.3. The van der Waals surface area contributed by atoms with Crippen LogP contribution in [0.4, 0.5) is 10.1 Å². The van der Waals surface area contributed by atoms with Gasteiger partial charge in [-0.25, -0.2) is 4.39 Å². The minimum atomic E-state index is -0.972. The van der Waals surface area contributed by atoms with Crippen LogP contribution in [0.1, 0.15) is 37.3 Å². The molecule has 1 saturated heterocycles. The summed E-state index contributed by atoms with van der Waals surface area (Å²) < 4.78 is 25.4. The number of aromatic nitrogens is 2. The highest BCUT2D eigenvalue weighted by atomic mass is 35.5. The van der Waals surface area contributed by atoms with Gasteiger partial charge in [0.1, 0.15) is 5.82 Å². The van der Waals surface area contributed by atoms with Crippen molar-refractivity contribution >= 4 is 36.5 Å². The summed E-state index contributed by atoms with van der Waals surface area (Å²) in [6.07, 6.45) is 3.60. The number of hydrogen-bond donors (Lipinski definition) is 1. The van der Waals surface area contributed by atoms with E-state index in [1.807, 2.05) is 12.1 Å². The first kappa shape index (κ1) is 30.5. The first-order valence-electron chi connectivity index (χ1n) is 11.8. The van der Waals surface area contributed by atoms with E-state index in [2.05, 4.69) is 28.0 Å². The summed E-state index contributed by atoms with van der Waals surface area (Å²) >= 11 is 0. The van der Waals surface area contributed by atoms with Gasteiger partial charge in [-0.05, 0) is 69.6 Å². The summed E-state index contributed by atoms with van der Waals surface area (Å²) in [7, 11) is 3.31. The first-order valence-corrected chi connectivity index (χ1v) is 11.8. The lowest BCUT2D eigenvalue weighted by Gasteiger charge is -2.36. The second-order valence-corrected chi connectivity index (χ2v) is 9.11. The number of likely N-dealkylation sites (N-methyl/N-ethyl adjacent to an activating group) is 1. The van der Waals surface area contributed by atoms with Crippen molar-refractivity contribution in [2.24, 2.45) is 0 Å². The monoisotopic (exact) mass is 554 g/mol. The smallest absolute Gasteiger partial charge is 0.317 e. The van der Waals surface area contributed by atoms with Crippen molar-refractivity contribution in [1.82, 2.24) is 15.0 Å². The van der Waals surface area contributed by atoms with Gasteiger partial charge in [0, 0.05) is 54.2 Å². The van der Waals surface area contributed by atoms with Gasteiger partial charge in [0.15, 0.2) is 0 Å². The number of carboxylic acids is 1. The molecule has 3 aromatic rings. The van der Waals surface area contributed by atoms with Gasteiger partial charge in [-0.15, -0.1) is 24.8 Å². The number of hydrogen-bond acceptors (Lipinski definition) is 7. The molecule has 8 nitrogen and oxygen atoms in total. The predicted molar refractivity (Wildman–Crippen MR) is 145 cm³/mol. The molecule has 1 aliphatic rings. The molecule has 0 spiro atoms. The number of aliphatic carboxylic acids is 1. The van der Waals surface area contributed by atoms with Gasteiger partial charge < -0.3 is 19.3 Å². The zero-order valence-electron chi connectivity index (χ0n) is 21.1. The van der Waals surface area contributed by atoms with E-state index in [0.29, 0.717) is 35.5 Å². The van der Waals surface area contributed by atoms with Crippen LogP contribution < -0.4 is 4.90 Å². The zero-order valence-corrected chi connectivity index (χ0v) is 22.8. The minimum Gasteiger partial charge on any atom is -0.480 e. The molecule has 1 atom stereocenters. The fourth-order valence-corrected chi connectivity index (χ4v) is 4.60. The van der Waals surface area contributed by atoms with Crippen LogP contribution >= 0.6 is 24.8 Å². The summed E-state index contributed by atoms with van der Waals surface area (Å²) in [6, 6.07) is 11.1. The highest BCUT2D eigenvalue weighted by Crippen LogP contribution is 2.32. The molecule has 1 aromatic heterocycles. The molecule has 0 radical (unpaired) electrons. The molecule has 1 aliphatic heterocycles. The maximum absolute atomic E-state index is 14.3. The molecule has 1 fully saturated rings. The van der Waals surface area contributed by atoms with E-state index in [4.69, 9.17) is 14.4 Å². The minimum absolute atomic E-state index is 0. The summed E-state index contributed by atoms with van der Waals surface area (Å²) in [5, 5.41) is 13.1. The SMILES string of the molecule is COCc1cc(-c2nc(-c3ccc(F)c(CN(C)CC(=O)O)c3)no2)ccc1N1CCCCC1C.Cl.Cl. The van der Waals surface area contributed by atoms with E-state index in [1.165, 1.54) is 30.2 Å². The molecule has 0 bridgehead atoms. The lowest BCUT2D eigenvalue weighted by atomic mass is 10.00. The number of anilines is 1. The highest BCUT2D eigenvalue weighted by Gasteiger charge is 2.22. The highest BCUT2D eigenvalue weighted by molar-refractivity contribution is 5.85. The Bertz CT molecular complexity index is 1190. The van der Waals surface area contributed by atoms with Crippen molar-refractivity contribution in [2.45, 2.75) is 45.4 Å². The van der Waals surface area contributed by atoms with E-state index < -0.39 is 11.8 Å². The van der Waals surface area contributed by atoms with Crippen LogP contribution in [0.3, 0.4) is 0 Å². The normalized spacial score (nSPS) is 15.3. The van der Waals surface area contributed by atoms with Crippen LogP contribution in [-0.4, -0.2) is 59.4 Å². The molecular formula is C26H33Cl2FN4O4. The Hall–Kier alpha value is -2.72. The standard InChI is InChI=1S/C26H31FN4O4.2ClH/c1-17-6-4-5-11-31(17)23-10-8-19(13-21(23)16-34-3)26-28-25(29-35-26)18-7-9-22(27)20(12-18)14-30(2)15-24(32)33;;/h7-10,12-13,17H,4-6,11,14-16H2,1-3H3,(H,32,33);2*1H. The molecule has 1 N–H and O–H groups in total. The van der Waals surface area contributed by atoms with Gasteiger partial charge in [-0.3, -0.25) is 9.69 Å². The molecule has 0 amide bonds. The summed E-state index contributed by atoms with van der Waals surface area (Å²) in [5.41, 5.74) is 3.96. The number of methoxy groups -OCH3 is 1. The maximum atomic E-state index is 14.3. The lowest BCUT2D eigenvalue weighted by molar-refractivity contribution is -0.138. The van der Waals surface area contributed by atoms with E-state index in [0.717, 1.165) is 23.4 Å². The molecule has 202 valence electrons. The van der Waals surface area contributed by atoms with Gasteiger partial charge >= 0.3 is 5.97 Å². The van der Waals surface area contributed by atoms with E-state index in [9.17, 15) is 9.18 Å². The van der Waals surface area contributed by atoms with Gasteiger partial charge in [-0.2, -0.15) is 4.98 Å². The Balaban J connectivity index is 0.00000241. The second kappa shape index (κ2) is 13.7. The molecule has 0 aliphatic carbocycles. The zero-order chi connectivity index (χ0) is 24.9. The molecule has 11 heteroatoms. The van der Waals surface area contributed by atoms with Crippen molar-refractivity contribution < 1.29 is 23.6 Å². The Morgan fingerprint density at radius 3 is 2.62 bits per heavy atom. The van der Waals surface area contributed by atoms with Crippen molar-refractivity contribution in [3.05, 3.63) is 53.3 Å². The van der Waals surface area contributed by atoms with Gasteiger partial charge in [0.25, 0.3) is 5.89 Å². The van der Waals surface area contributed by atoms with Crippen LogP contribution in [-0.2, 0) is 22.7 Å². The molecule has 1 unspecified atom stereocenters. The summed E-state index contributed by atoms with van der Waals surface area (Å²) in [6.45, 7) is 3.71. The summed E-state index contributed by atoms with van der Waals surface area (Å²) in [4.78, 5) is 19.4. The van der Waals surface area contributed by atoms with Crippen molar-refractivity contribution in [3.8, 4) is 22.8 Å². The second-order valence-electron chi connectivity index (χ2n) is 9.11. The number of rotatable bonds is 9. The fourth-order valence-electron chi connectivity index (χ4n) is 4.60. The number of halogens is 3. The van der Waals surface area contributed by atoms with Crippen molar-refractivity contribution in [1.29, 1.82) is 0 Å². The fraction of sp³-hybridized carbons (Fsp3) is 0.423. The number of ether oxygens (including phenoxy) is 1.